The van der Waals surface area contributed by atoms with Crippen molar-refractivity contribution in [2.24, 2.45) is 0 Å². The molecule has 0 amide bonds. The third-order valence-corrected chi connectivity index (χ3v) is 3.50. The van der Waals surface area contributed by atoms with Crippen LogP contribution >= 0.6 is 11.6 Å². The van der Waals surface area contributed by atoms with Crippen LogP contribution in [0.4, 0.5) is 11.6 Å². The highest BCUT2D eigenvalue weighted by molar-refractivity contribution is 6.31. The Morgan fingerprint density at radius 2 is 2.00 bits per heavy atom. The van der Waals surface area contributed by atoms with Gasteiger partial charge in [-0.05, 0) is 25.5 Å². The van der Waals surface area contributed by atoms with Crippen LogP contribution < -0.4 is 10.2 Å². The molecule has 20 heavy (non-hydrogen) atoms. The first-order valence-corrected chi connectivity index (χ1v) is 7.01. The van der Waals surface area contributed by atoms with E-state index in [0.717, 1.165) is 34.3 Å². The number of hydrogen-bond acceptors (Lipinski definition) is 4. The van der Waals surface area contributed by atoms with Crippen molar-refractivity contribution in [2.75, 3.05) is 23.8 Å². The van der Waals surface area contributed by atoms with Gasteiger partial charge in [0, 0.05) is 30.7 Å². The van der Waals surface area contributed by atoms with Crippen LogP contribution in [0.1, 0.15) is 18.1 Å². The normalized spacial score (nSPS) is 10.4. The summed E-state index contributed by atoms with van der Waals surface area (Å²) in [6.07, 6.45) is 1.59. The minimum atomic E-state index is 0.711. The van der Waals surface area contributed by atoms with Gasteiger partial charge in [-0.1, -0.05) is 29.8 Å². The van der Waals surface area contributed by atoms with Gasteiger partial charge in [-0.2, -0.15) is 0 Å². The minimum Gasteiger partial charge on any atom is -0.370 e. The number of nitrogens with zero attached hydrogens (tertiary/aromatic N) is 3. The topological polar surface area (TPSA) is 41.1 Å². The zero-order chi connectivity index (χ0) is 14.5. The second-order valence-electron chi connectivity index (χ2n) is 4.65. The molecule has 2 aromatic rings. The lowest BCUT2D eigenvalue weighted by atomic mass is 10.2. The number of halogens is 1. The highest BCUT2D eigenvalue weighted by Crippen LogP contribution is 2.24. The van der Waals surface area contributed by atoms with Gasteiger partial charge in [0.1, 0.15) is 18.0 Å². The second kappa shape index (κ2) is 6.57. The largest absolute Gasteiger partial charge is 0.370 e. The Balaban J connectivity index is 2.23. The summed E-state index contributed by atoms with van der Waals surface area (Å²) in [5.41, 5.74) is 2.13. The van der Waals surface area contributed by atoms with E-state index in [1.807, 2.05) is 38.2 Å². The summed E-state index contributed by atoms with van der Waals surface area (Å²) in [6.45, 7) is 5.62. The Morgan fingerprint density at radius 3 is 2.70 bits per heavy atom. The number of nitrogens with one attached hydrogen (secondary N) is 1. The summed E-state index contributed by atoms with van der Waals surface area (Å²) in [6, 6.07) is 7.86. The molecule has 1 heterocycles. The molecule has 0 unspecified atom stereocenters. The van der Waals surface area contributed by atoms with E-state index in [9.17, 15) is 0 Å². The average molecular weight is 291 g/mol. The fourth-order valence-corrected chi connectivity index (χ4v) is 2.32. The number of hydrogen-bond donors (Lipinski definition) is 1. The van der Waals surface area contributed by atoms with Crippen molar-refractivity contribution >= 4 is 23.2 Å². The van der Waals surface area contributed by atoms with Gasteiger partial charge in [-0.25, -0.2) is 9.97 Å². The molecule has 1 aromatic carbocycles. The molecule has 2 rings (SSSR count). The van der Waals surface area contributed by atoms with E-state index in [-0.39, 0.29) is 0 Å². The zero-order valence-electron chi connectivity index (χ0n) is 12.0. The van der Waals surface area contributed by atoms with Crippen molar-refractivity contribution in [3.8, 4) is 0 Å². The van der Waals surface area contributed by atoms with E-state index in [4.69, 9.17) is 11.6 Å². The smallest absolute Gasteiger partial charge is 0.137 e. The maximum absolute atomic E-state index is 6.20. The third kappa shape index (κ3) is 3.20. The van der Waals surface area contributed by atoms with Crippen LogP contribution in [0.25, 0.3) is 0 Å². The molecule has 0 radical (unpaired) electrons. The van der Waals surface area contributed by atoms with Crippen molar-refractivity contribution in [3.05, 3.63) is 46.7 Å². The maximum Gasteiger partial charge on any atom is 0.137 e. The summed E-state index contributed by atoms with van der Waals surface area (Å²) < 4.78 is 0. The van der Waals surface area contributed by atoms with E-state index < -0.39 is 0 Å². The van der Waals surface area contributed by atoms with Crippen LogP contribution in [0.2, 0.25) is 5.02 Å². The number of rotatable bonds is 5. The average Bonchev–Trinajstić information content (AvgIpc) is 2.44. The van der Waals surface area contributed by atoms with E-state index in [2.05, 4.69) is 27.1 Å². The monoisotopic (exact) mass is 290 g/mol. The standard InChI is InChI=1S/C15H19ClN4/c1-4-17-14-11(2)15(19-10-18-14)20(3)9-12-7-5-6-8-13(12)16/h5-8,10H,4,9H2,1-3H3,(H,17,18,19). The molecule has 0 atom stereocenters. The Morgan fingerprint density at radius 1 is 1.25 bits per heavy atom. The highest BCUT2D eigenvalue weighted by Gasteiger charge is 2.12. The number of anilines is 2. The molecule has 0 saturated carbocycles. The Hall–Kier alpha value is -1.81. The van der Waals surface area contributed by atoms with Gasteiger partial charge in [-0.15, -0.1) is 0 Å². The van der Waals surface area contributed by atoms with Crippen LogP contribution in [0.5, 0.6) is 0 Å². The number of benzene rings is 1. The molecular formula is C15H19ClN4. The SMILES string of the molecule is CCNc1ncnc(N(C)Cc2ccccc2Cl)c1C. The van der Waals surface area contributed by atoms with Crippen molar-refractivity contribution in [1.82, 2.24) is 9.97 Å². The lowest BCUT2D eigenvalue weighted by Crippen LogP contribution is -2.20. The molecular weight excluding hydrogens is 272 g/mol. The van der Waals surface area contributed by atoms with Crippen LogP contribution in [-0.4, -0.2) is 23.6 Å². The summed E-state index contributed by atoms with van der Waals surface area (Å²) in [4.78, 5) is 10.7. The molecule has 106 valence electrons. The predicted octanol–water partition coefficient (Wildman–Crippen LogP) is 3.51. The van der Waals surface area contributed by atoms with E-state index in [1.54, 1.807) is 6.33 Å². The molecule has 0 fully saturated rings. The Labute approximate surface area is 124 Å². The molecule has 1 aromatic heterocycles. The molecule has 1 N–H and O–H groups in total. The van der Waals surface area contributed by atoms with Gasteiger partial charge in [-0.3, -0.25) is 0 Å². The molecule has 4 nitrogen and oxygen atoms in total. The highest BCUT2D eigenvalue weighted by atomic mass is 35.5. The van der Waals surface area contributed by atoms with Crippen LogP contribution in [-0.2, 0) is 6.54 Å². The van der Waals surface area contributed by atoms with Crippen molar-refractivity contribution in [2.45, 2.75) is 20.4 Å². The summed E-state index contributed by atoms with van der Waals surface area (Å²) in [5, 5.41) is 4.02. The van der Waals surface area contributed by atoms with E-state index in [1.165, 1.54) is 0 Å². The van der Waals surface area contributed by atoms with Gasteiger partial charge in [0.2, 0.25) is 0 Å². The summed E-state index contributed by atoms with van der Waals surface area (Å²) in [5.74, 6) is 1.79. The van der Waals surface area contributed by atoms with Crippen molar-refractivity contribution < 1.29 is 0 Å². The van der Waals surface area contributed by atoms with Crippen LogP contribution in [0, 0.1) is 6.92 Å². The molecule has 0 saturated heterocycles. The fourth-order valence-electron chi connectivity index (χ4n) is 2.13. The molecule has 0 aliphatic heterocycles. The Kier molecular flexibility index (Phi) is 4.79. The van der Waals surface area contributed by atoms with Gasteiger partial charge in [0.15, 0.2) is 0 Å². The van der Waals surface area contributed by atoms with Gasteiger partial charge < -0.3 is 10.2 Å². The van der Waals surface area contributed by atoms with Gasteiger partial charge >= 0.3 is 0 Å². The summed E-state index contributed by atoms with van der Waals surface area (Å²) >= 11 is 6.20. The molecule has 5 heteroatoms. The van der Waals surface area contributed by atoms with E-state index in [0.29, 0.717) is 6.54 Å². The number of aromatic nitrogens is 2. The molecule has 0 aliphatic rings. The molecule has 0 aliphatic carbocycles. The molecule has 0 bridgehead atoms. The quantitative estimate of drug-likeness (QED) is 0.915. The first-order chi connectivity index (χ1) is 9.63. The minimum absolute atomic E-state index is 0.711. The van der Waals surface area contributed by atoms with Gasteiger partial charge in [0.05, 0.1) is 0 Å². The maximum atomic E-state index is 6.20. The lowest BCUT2D eigenvalue weighted by molar-refractivity contribution is 0.882. The first-order valence-electron chi connectivity index (χ1n) is 6.63. The van der Waals surface area contributed by atoms with E-state index >= 15 is 0 Å². The predicted molar refractivity (Wildman–Crippen MR) is 84.5 cm³/mol. The van der Waals surface area contributed by atoms with Gasteiger partial charge in [0.25, 0.3) is 0 Å². The second-order valence-corrected chi connectivity index (χ2v) is 5.06. The summed E-state index contributed by atoms with van der Waals surface area (Å²) in [7, 11) is 2.01. The Bertz CT molecular complexity index is 586. The third-order valence-electron chi connectivity index (χ3n) is 3.13. The van der Waals surface area contributed by atoms with Crippen molar-refractivity contribution in [3.63, 3.8) is 0 Å². The van der Waals surface area contributed by atoms with Crippen LogP contribution in [0.3, 0.4) is 0 Å². The first kappa shape index (κ1) is 14.6. The molecule has 0 spiro atoms. The van der Waals surface area contributed by atoms with Crippen LogP contribution in [0.15, 0.2) is 30.6 Å². The lowest BCUT2D eigenvalue weighted by Gasteiger charge is -2.21. The fraction of sp³-hybridized carbons (Fsp3) is 0.333. The van der Waals surface area contributed by atoms with Crippen molar-refractivity contribution in [1.29, 1.82) is 0 Å². The zero-order valence-corrected chi connectivity index (χ0v) is 12.8.